The number of rotatable bonds is 10. The van der Waals surface area contributed by atoms with E-state index in [1.54, 1.807) is 24.3 Å². The molecule has 0 saturated heterocycles. The number of benzene rings is 1. The van der Waals surface area contributed by atoms with E-state index >= 15 is 0 Å². The molecule has 0 unspecified atom stereocenters. The first-order valence-corrected chi connectivity index (χ1v) is 8.15. The minimum absolute atomic E-state index is 0.175. The van der Waals surface area contributed by atoms with Gasteiger partial charge in [-0.2, -0.15) is 0 Å². The van der Waals surface area contributed by atoms with Gasteiger partial charge in [-0.05, 0) is 43.9 Å². The molecule has 1 rings (SSSR count). The smallest absolute Gasteiger partial charge is 0.337 e. The van der Waals surface area contributed by atoms with Crippen LogP contribution < -0.4 is 10.1 Å². The second-order valence-corrected chi connectivity index (χ2v) is 6.26. The highest BCUT2D eigenvalue weighted by Gasteiger charge is 2.10. The fraction of sp³-hybridized carbons (Fsp3) is 0.611. The lowest BCUT2D eigenvalue weighted by Gasteiger charge is -2.18. The van der Waals surface area contributed by atoms with Crippen LogP contribution in [0.4, 0.5) is 0 Å². The van der Waals surface area contributed by atoms with Crippen molar-refractivity contribution in [2.24, 2.45) is 5.92 Å². The van der Waals surface area contributed by atoms with Crippen molar-refractivity contribution in [1.82, 2.24) is 5.32 Å². The van der Waals surface area contributed by atoms with Gasteiger partial charge in [-0.15, -0.1) is 0 Å². The van der Waals surface area contributed by atoms with Gasteiger partial charge in [0, 0.05) is 12.6 Å². The van der Waals surface area contributed by atoms with Gasteiger partial charge >= 0.3 is 5.97 Å². The molecule has 0 amide bonds. The summed E-state index contributed by atoms with van der Waals surface area (Å²) in [5.41, 5.74) is 0.430. The number of carbonyl (C=O) groups excluding carboxylic acids is 1. The number of hydrogen-bond donors (Lipinski definition) is 2. The van der Waals surface area contributed by atoms with Crippen LogP contribution in [0.2, 0.25) is 0 Å². The van der Waals surface area contributed by atoms with Crippen LogP contribution in [0.1, 0.15) is 44.0 Å². The van der Waals surface area contributed by atoms with Gasteiger partial charge in [0.15, 0.2) is 0 Å². The summed E-state index contributed by atoms with van der Waals surface area (Å²) in [5.74, 6) is 0.825. The second kappa shape index (κ2) is 10.2. The van der Waals surface area contributed by atoms with Crippen LogP contribution in [0.3, 0.4) is 0 Å². The van der Waals surface area contributed by atoms with Crippen LogP contribution in [0.5, 0.6) is 5.75 Å². The number of esters is 1. The molecule has 2 atom stereocenters. The summed E-state index contributed by atoms with van der Waals surface area (Å²) < 4.78 is 10.2. The molecule has 0 aliphatic carbocycles. The van der Waals surface area contributed by atoms with Crippen LogP contribution in [0.25, 0.3) is 0 Å². The molecule has 1 aromatic rings. The summed E-state index contributed by atoms with van der Waals surface area (Å²) in [6.07, 6.45) is 1.66. The fourth-order valence-electron chi connectivity index (χ4n) is 2.10. The van der Waals surface area contributed by atoms with E-state index in [0.29, 0.717) is 29.8 Å². The number of carbonyl (C=O) groups is 1. The quantitative estimate of drug-likeness (QED) is 0.648. The van der Waals surface area contributed by atoms with Crippen molar-refractivity contribution in [3.8, 4) is 5.75 Å². The molecule has 0 heterocycles. The van der Waals surface area contributed by atoms with Crippen LogP contribution in [-0.2, 0) is 4.74 Å². The van der Waals surface area contributed by atoms with Crippen molar-refractivity contribution >= 4 is 5.97 Å². The highest BCUT2D eigenvalue weighted by atomic mass is 16.5. The standard InChI is InChI=1S/C18H29NO4/c1-13(2)8-9-14(3)19-11-16(20)12-23-17-7-5-6-15(10-17)18(21)22-4/h5-7,10,13-14,16,19-20H,8-9,11-12H2,1-4H3/t14-,16+/m0/s1. The molecule has 0 radical (unpaired) electrons. The molecule has 0 aliphatic rings. The highest BCUT2D eigenvalue weighted by Crippen LogP contribution is 2.14. The van der Waals surface area contributed by atoms with Crippen molar-refractivity contribution in [2.45, 2.75) is 45.8 Å². The molecule has 0 saturated carbocycles. The number of methoxy groups -OCH3 is 1. The first-order chi connectivity index (χ1) is 10.9. The summed E-state index contributed by atoms with van der Waals surface area (Å²) in [6, 6.07) is 7.11. The summed E-state index contributed by atoms with van der Waals surface area (Å²) in [5, 5.41) is 13.3. The second-order valence-electron chi connectivity index (χ2n) is 6.26. The molecule has 2 N–H and O–H groups in total. The number of hydrogen-bond acceptors (Lipinski definition) is 5. The summed E-state index contributed by atoms with van der Waals surface area (Å²) in [7, 11) is 1.34. The molecular formula is C18H29NO4. The lowest BCUT2D eigenvalue weighted by atomic mass is 10.0. The Morgan fingerprint density at radius 1 is 1.26 bits per heavy atom. The molecule has 23 heavy (non-hydrogen) atoms. The van der Waals surface area contributed by atoms with Crippen molar-refractivity contribution in [3.63, 3.8) is 0 Å². The molecule has 0 bridgehead atoms. The minimum atomic E-state index is -0.599. The monoisotopic (exact) mass is 323 g/mol. The predicted octanol–water partition coefficient (Wildman–Crippen LogP) is 2.63. The summed E-state index contributed by atoms with van der Waals surface area (Å²) >= 11 is 0. The lowest BCUT2D eigenvalue weighted by molar-refractivity contribution is 0.0600. The normalized spacial score (nSPS) is 13.7. The van der Waals surface area contributed by atoms with Crippen LogP contribution in [-0.4, -0.2) is 43.5 Å². The van der Waals surface area contributed by atoms with Crippen molar-refractivity contribution in [2.75, 3.05) is 20.3 Å². The average molecular weight is 323 g/mol. The topological polar surface area (TPSA) is 67.8 Å². The summed E-state index contributed by atoms with van der Waals surface area (Å²) in [6.45, 7) is 7.19. The Morgan fingerprint density at radius 2 is 2.00 bits per heavy atom. The van der Waals surface area contributed by atoms with Crippen LogP contribution >= 0.6 is 0 Å². The maximum absolute atomic E-state index is 11.5. The van der Waals surface area contributed by atoms with E-state index in [9.17, 15) is 9.90 Å². The van der Waals surface area contributed by atoms with Crippen LogP contribution in [0.15, 0.2) is 24.3 Å². The largest absolute Gasteiger partial charge is 0.491 e. The zero-order chi connectivity index (χ0) is 17.2. The zero-order valence-corrected chi connectivity index (χ0v) is 14.5. The Morgan fingerprint density at radius 3 is 2.65 bits per heavy atom. The van der Waals surface area contributed by atoms with Crippen molar-refractivity contribution < 1.29 is 19.4 Å². The van der Waals surface area contributed by atoms with Crippen molar-refractivity contribution in [3.05, 3.63) is 29.8 Å². The van der Waals surface area contributed by atoms with Crippen molar-refractivity contribution in [1.29, 1.82) is 0 Å². The molecule has 130 valence electrons. The zero-order valence-electron chi connectivity index (χ0n) is 14.5. The first kappa shape index (κ1) is 19.5. The third-order valence-electron chi connectivity index (χ3n) is 3.58. The molecule has 5 heteroatoms. The molecule has 0 fully saturated rings. The molecule has 5 nitrogen and oxygen atoms in total. The molecule has 0 aliphatic heterocycles. The number of aliphatic hydroxyl groups is 1. The van der Waals surface area contributed by atoms with Gasteiger partial charge in [0.05, 0.1) is 12.7 Å². The minimum Gasteiger partial charge on any atom is -0.491 e. The van der Waals surface area contributed by atoms with Gasteiger partial charge in [0.1, 0.15) is 18.5 Å². The van der Waals surface area contributed by atoms with Gasteiger partial charge in [-0.25, -0.2) is 4.79 Å². The maximum Gasteiger partial charge on any atom is 0.337 e. The van der Waals surface area contributed by atoms with E-state index in [4.69, 9.17) is 4.74 Å². The van der Waals surface area contributed by atoms with E-state index < -0.39 is 12.1 Å². The number of ether oxygens (including phenoxy) is 2. The summed E-state index contributed by atoms with van der Waals surface area (Å²) in [4.78, 5) is 11.5. The Balaban J connectivity index is 2.33. The number of aliphatic hydroxyl groups excluding tert-OH is 1. The Kier molecular flexibility index (Phi) is 8.66. The Bertz CT molecular complexity index is 476. The highest BCUT2D eigenvalue weighted by molar-refractivity contribution is 5.89. The molecular weight excluding hydrogens is 294 g/mol. The van der Waals surface area contributed by atoms with E-state index in [2.05, 4.69) is 30.8 Å². The molecule has 0 spiro atoms. The van der Waals surface area contributed by atoms with E-state index in [1.807, 2.05) is 0 Å². The number of nitrogens with one attached hydrogen (secondary N) is 1. The van der Waals surface area contributed by atoms with E-state index in [0.717, 1.165) is 6.42 Å². The fourth-order valence-corrected chi connectivity index (χ4v) is 2.10. The SMILES string of the molecule is COC(=O)c1cccc(OC[C@H](O)CN[C@@H](C)CCC(C)C)c1. The van der Waals surface area contributed by atoms with Gasteiger partial charge < -0.3 is 19.9 Å². The van der Waals surface area contributed by atoms with Gasteiger partial charge in [-0.1, -0.05) is 19.9 Å². The molecule has 0 aromatic heterocycles. The maximum atomic E-state index is 11.5. The average Bonchev–Trinajstić information content (AvgIpc) is 2.55. The third kappa shape index (κ3) is 8.00. The predicted molar refractivity (Wildman–Crippen MR) is 90.8 cm³/mol. The molecule has 1 aromatic carbocycles. The first-order valence-electron chi connectivity index (χ1n) is 8.15. The van der Waals surface area contributed by atoms with Crippen LogP contribution in [0, 0.1) is 5.92 Å². The Labute approximate surface area is 139 Å². The lowest BCUT2D eigenvalue weighted by Crippen LogP contribution is -2.36. The Hall–Kier alpha value is -1.59. The van der Waals surface area contributed by atoms with Gasteiger partial charge in [0.25, 0.3) is 0 Å². The third-order valence-corrected chi connectivity index (χ3v) is 3.58. The van der Waals surface area contributed by atoms with Gasteiger partial charge in [0.2, 0.25) is 0 Å². The van der Waals surface area contributed by atoms with Gasteiger partial charge in [-0.3, -0.25) is 0 Å². The van der Waals surface area contributed by atoms with E-state index in [-0.39, 0.29) is 6.61 Å². The van der Waals surface area contributed by atoms with E-state index in [1.165, 1.54) is 13.5 Å².